The van der Waals surface area contributed by atoms with Gasteiger partial charge in [0.2, 0.25) is 0 Å². The van der Waals surface area contributed by atoms with Crippen molar-refractivity contribution in [3.05, 3.63) is 0 Å². The number of likely N-dealkylation sites (tertiary alicyclic amines) is 1. The molecule has 0 spiro atoms. The number of hydrogen-bond acceptors (Lipinski definition) is 2. The van der Waals surface area contributed by atoms with Crippen LogP contribution < -0.4 is 0 Å². The second kappa shape index (κ2) is 4.97. The zero-order valence-corrected chi connectivity index (χ0v) is 9.42. The highest BCUT2D eigenvalue weighted by atomic mass is 16.5. The zero-order valence-electron chi connectivity index (χ0n) is 9.42. The zero-order chi connectivity index (χ0) is 9.84. The minimum atomic E-state index is 0.732. The van der Waals surface area contributed by atoms with Gasteiger partial charge in [0.05, 0.1) is 0 Å². The van der Waals surface area contributed by atoms with Crippen molar-refractivity contribution >= 4 is 0 Å². The summed E-state index contributed by atoms with van der Waals surface area (Å²) in [6, 6.07) is 0.732. The van der Waals surface area contributed by atoms with E-state index in [0.29, 0.717) is 0 Å². The first-order valence-corrected chi connectivity index (χ1v) is 5.36. The van der Waals surface area contributed by atoms with Crippen molar-refractivity contribution in [3.8, 4) is 0 Å². The predicted molar refractivity (Wildman–Crippen MR) is 55.9 cm³/mol. The Morgan fingerprint density at radius 1 is 1.38 bits per heavy atom. The fourth-order valence-corrected chi connectivity index (χ4v) is 2.31. The molecule has 3 atom stereocenters. The fourth-order valence-electron chi connectivity index (χ4n) is 2.31. The standard InChI is InChI=1S/C11H23NO/c1-9-10(2)12(3)7-5-11(9)6-8-13-4/h9-11H,5-8H2,1-4H3/t9-,10+,11-/m0/s1. The lowest BCUT2D eigenvalue weighted by atomic mass is 9.80. The van der Waals surface area contributed by atoms with E-state index in [-0.39, 0.29) is 0 Å². The first-order valence-electron chi connectivity index (χ1n) is 5.36. The molecular weight excluding hydrogens is 162 g/mol. The Labute approximate surface area is 82.3 Å². The van der Waals surface area contributed by atoms with Crippen molar-refractivity contribution in [1.82, 2.24) is 4.90 Å². The summed E-state index contributed by atoms with van der Waals surface area (Å²) in [5.41, 5.74) is 0. The average Bonchev–Trinajstić information content (AvgIpc) is 2.13. The Hall–Kier alpha value is -0.0800. The molecule has 0 N–H and O–H groups in total. The maximum absolute atomic E-state index is 5.14. The highest BCUT2D eigenvalue weighted by Crippen LogP contribution is 2.29. The fraction of sp³-hybridized carbons (Fsp3) is 1.00. The molecule has 1 aliphatic heterocycles. The molecule has 0 aliphatic carbocycles. The second-order valence-electron chi connectivity index (χ2n) is 4.41. The minimum absolute atomic E-state index is 0.732. The normalized spacial score (nSPS) is 36.5. The van der Waals surface area contributed by atoms with Crippen molar-refractivity contribution in [2.24, 2.45) is 11.8 Å². The van der Waals surface area contributed by atoms with Crippen LogP contribution in [0.15, 0.2) is 0 Å². The van der Waals surface area contributed by atoms with E-state index in [9.17, 15) is 0 Å². The van der Waals surface area contributed by atoms with Gasteiger partial charge < -0.3 is 9.64 Å². The minimum Gasteiger partial charge on any atom is -0.385 e. The molecule has 0 saturated carbocycles. The van der Waals surface area contributed by atoms with E-state index in [1.54, 1.807) is 7.11 Å². The maximum atomic E-state index is 5.14. The molecule has 0 radical (unpaired) electrons. The van der Waals surface area contributed by atoms with Crippen LogP contribution in [0.25, 0.3) is 0 Å². The molecule has 1 fully saturated rings. The van der Waals surface area contributed by atoms with Gasteiger partial charge in [0.15, 0.2) is 0 Å². The number of methoxy groups -OCH3 is 1. The number of nitrogens with zero attached hydrogens (tertiary/aromatic N) is 1. The largest absolute Gasteiger partial charge is 0.385 e. The quantitative estimate of drug-likeness (QED) is 0.667. The maximum Gasteiger partial charge on any atom is 0.0465 e. The summed E-state index contributed by atoms with van der Waals surface area (Å²) in [6.45, 7) is 6.88. The first-order chi connectivity index (χ1) is 6.16. The van der Waals surface area contributed by atoms with E-state index in [2.05, 4.69) is 25.8 Å². The molecule has 1 rings (SSSR count). The highest BCUT2D eigenvalue weighted by Gasteiger charge is 2.29. The lowest BCUT2D eigenvalue weighted by Crippen LogP contribution is -2.44. The molecule has 0 aromatic carbocycles. The van der Waals surface area contributed by atoms with Gasteiger partial charge in [-0.3, -0.25) is 0 Å². The number of hydrogen-bond donors (Lipinski definition) is 0. The summed E-state index contributed by atoms with van der Waals surface area (Å²) >= 11 is 0. The molecule has 0 aromatic rings. The summed E-state index contributed by atoms with van der Waals surface area (Å²) in [5, 5.41) is 0. The lowest BCUT2D eigenvalue weighted by Gasteiger charge is -2.40. The predicted octanol–water partition coefficient (Wildman–Crippen LogP) is 2.00. The van der Waals surface area contributed by atoms with E-state index < -0.39 is 0 Å². The van der Waals surface area contributed by atoms with Crippen LogP contribution >= 0.6 is 0 Å². The summed E-state index contributed by atoms with van der Waals surface area (Å²) in [6.07, 6.45) is 2.57. The second-order valence-corrected chi connectivity index (χ2v) is 4.41. The van der Waals surface area contributed by atoms with Crippen molar-refractivity contribution in [3.63, 3.8) is 0 Å². The van der Waals surface area contributed by atoms with Crippen molar-refractivity contribution in [2.75, 3.05) is 27.3 Å². The van der Waals surface area contributed by atoms with Gasteiger partial charge in [-0.25, -0.2) is 0 Å². The first kappa shape index (κ1) is 11.0. The van der Waals surface area contributed by atoms with Gasteiger partial charge in [-0.15, -0.1) is 0 Å². The number of piperidine rings is 1. The van der Waals surface area contributed by atoms with Crippen LogP contribution in [0.5, 0.6) is 0 Å². The molecule has 0 bridgehead atoms. The van der Waals surface area contributed by atoms with Crippen molar-refractivity contribution in [2.45, 2.75) is 32.7 Å². The van der Waals surface area contributed by atoms with Crippen LogP contribution in [-0.2, 0) is 4.74 Å². The molecule has 0 unspecified atom stereocenters. The van der Waals surface area contributed by atoms with Gasteiger partial charge in [-0.1, -0.05) is 6.92 Å². The Balaban J connectivity index is 2.39. The molecular formula is C11H23NO. The number of ether oxygens (including phenoxy) is 1. The van der Waals surface area contributed by atoms with Crippen LogP contribution in [-0.4, -0.2) is 38.3 Å². The summed E-state index contributed by atoms with van der Waals surface area (Å²) < 4.78 is 5.14. The third kappa shape index (κ3) is 2.68. The van der Waals surface area contributed by atoms with E-state index in [4.69, 9.17) is 4.74 Å². The Morgan fingerprint density at radius 2 is 2.08 bits per heavy atom. The topological polar surface area (TPSA) is 12.5 Å². The smallest absolute Gasteiger partial charge is 0.0465 e. The Morgan fingerprint density at radius 3 is 2.69 bits per heavy atom. The van der Waals surface area contributed by atoms with Crippen molar-refractivity contribution in [1.29, 1.82) is 0 Å². The van der Waals surface area contributed by atoms with E-state index in [1.807, 2.05) is 0 Å². The van der Waals surface area contributed by atoms with Crippen LogP contribution in [0.4, 0.5) is 0 Å². The lowest BCUT2D eigenvalue weighted by molar-refractivity contribution is 0.0677. The van der Waals surface area contributed by atoms with Crippen molar-refractivity contribution < 1.29 is 4.74 Å². The molecule has 1 saturated heterocycles. The highest BCUT2D eigenvalue weighted by molar-refractivity contribution is 4.82. The molecule has 2 heteroatoms. The van der Waals surface area contributed by atoms with E-state index in [0.717, 1.165) is 24.5 Å². The van der Waals surface area contributed by atoms with Gasteiger partial charge >= 0.3 is 0 Å². The van der Waals surface area contributed by atoms with Gasteiger partial charge in [0.1, 0.15) is 0 Å². The molecule has 2 nitrogen and oxygen atoms in total. The average molecular weight is 185 g/mol. The molecule has 1 heterocycles. The van der Waals surface area contributed by atoms with Gasteiger partial charge in [0, 0.05) is 19.8 Å². The van der Waals surface area contributed by atoms with Gasteiger partial charge in [-0.2, -0.15) is 0 Å². The number of rotatable bonds is 3. The molecule has 78 valence electrons. The van der Waals surface area contributed by atoms with Crippen LogP contribution in [0, 0.1) is 11.8 Å². The molecule has 13 heavy (non-hydrogen) atoms. The summed E-state index contributed by atoms with van der Waals surface area (Å²) in [4.78, 5) is 2.47. The Bertz CT molecular complexity index is 147. The van der Waals surface area contributed by atoms with Crippen LogP contribution in [0.3, 0.4) is 0 Å². The van der Waals surface area contributed by atoms with Crippen LogP contribution in [0.1, 0.15) is 26.7 Å². The van der Waals surface area contributed by atoms with Crippen LogP contribution in [0.2, 0.25) is 0 Å². The van der Waals surface area contributed by atoms with Gasteiger partial charge in [0.25, 0.3) is 0 Å². The molecule has 0 amide bonds. The SMILES string of the molecule is COCC[C@@H]1CCN(C)[C@H](C)[C@@H]1C. The van der Waals surface area contributed by atoms with E-state index >= 15 is 0 Å². The summed E-state index contributed by atoms with van der Waals surface area (Å²) in [7, 11) is 4.02. The third-order valence-corrected chi connectivity index (χ3v) is 3.75. The molecule has 0 aromatic heterocycles. The summed E-state index contributed by atoms with van der Waals surface area (Å²) in [5.74, 6) is 1.68. The third-order valence-electron chi connectivity index (χ3n) is 3.75. The van der Waals surface area contributed by atoms with E-state index in [1.165, 1.54) is 19.4 Å². The van der Waals surface area contributed by atoms with Gasteiger partial charge in [-0.05, 0) is 45.2 Å². The molecule has 1 aliphatic rings. The monoisotopic (exact) mass is 185 g/mol. The Kier molecular flexibility index (Phi) is 4.20.